The number of methoxy groups -OCH3 is 1. The highest BCUT2D eigenvalue weighted by Gasteiger charge is 2.36. The molecule has 4 heteroatoms. The second-order valence-electron chi connectivity index (χ2n) is 6.28. The molecule has 1 rings (SSSR count). The van der Waals surface area contributed by atoms with Crippen molar-refractivity contribution in [2.24, 2.45) is 0 Å². The van der Waals surface area contributed by atoms with Gasteiger partial charge in [-0.25, -0.2) is 0 Å². The van der Waals surface area contributed by atoms with Crippen LogP contribution in [0.1, 0.15) is 26.3 Å². The molecule has 0 atom stereocenters. The number of rotatable bonds is 3. The Morgan fingerprint density at radius 1 is 1.25 bits per heavy atom. The first-order valence-electron chi connectivity index (χ1n) is 6.74. The molecule has 20 heavy (non-hydrogen) atoms. The zero-order valence-electron chi connectivity index (χ0n) is 13.3. The molecule has 1 aromatic rings. The van der Waals surface area contributed by atoms with Crippen LogP contribution < -0.4 is 10.5 Å². The number of nitrogens with two attached hydrogens (primary N) is 1. The predicted molar refractivity (Wildman–Crippen MR) is 87.4 cm³/mol. The molecule has 0 aliphatic carbocycles. The summed E-state index contributed by atoms with van der Waals surface area (Å²) in [5.41, 5.74) is 7.24. The van der Waals surface area contributed by atoms with E-state index in [0.717, 1.165) is 5.56 Å². The number of ether oxygens (including phenoxy) is 1. The third kappa shape index (κ3) is 4.02. The van der Waals surface area contributed by atoms with Crippen molar-refractivity contribution in [1.82, 2.24) is 0 Å². The molecule has 0 saturated heterocycles. The van der Waals surface area contributed by atoms with E-state index in [1.54, 1.807) is 13.2 Å². The van der Waals surface area contributed by atoms with E-state index in [2.05, 4.69) is 45.7 Å². The van der Waals surface area contributed by atoms with E-state index in [9.17, 15) is 0 Å². The summed E-state index contributed by atoms with van der Waals surface area (Å²) in [5, 5.41) is 0.198. The average Bonchev–Trinajstić information content (AvgIpc) is 2.33. The first-order chi connectivity index (χ1) is 9.19. The molecule has 0 heterocycles. The van der Waals surface area contributed by atoms with Crippen LogP contribution in [0.15, 0.2) is 18.2 Å². The van der Waals surface area contributed by atoms with Gasteiger partial charge in [-0.15, -0.1) is 0 Å². The van der Waals surface area contributed by atoms with Gasteiger partial charge in [0, 0.05) is 0 Å². The SMILES string of the molecule is COc1c(N)cccc1C#CCO[Si](C)(C)C(C)(C)C. The lowest BCUT2D eigenvalue weighted by Gasteiger charge is -2.35. The molecule has 0 amide bonds. The minimum atomic E-state index is -1.73. The van der Waals surface area contributed by atoms with Crippen LogP contribution in [0.4, 0.5) is 5.69 Å². The molecule has 110 valence electrons. The van der Waals surface area contributed by atoms with Crippen LogP contribution in [-0.4, -0.2) is 22.0 Å². The minimum Gasteiger partial charge on any atom is -0.493 e. The maximum absolute atomic E-state index is 6.01. The summed E-state index contributed by atoms with van der Waals surface area (Å²) in [6.45, 7) is 11.5. The van der Waals surface area contributed by atoms with Gasteiger partial charge in [0.15, 0.2) is 14.1 Å². The highest BCUT2D eigenvalue weighted by atomic mass is 28.4. The molecule has 0 bridgehead atoms. The molecular formula is C16H25NO2Si. The number of nitrogen functional groups attached to an aromatic ring is 1. The summed E-state index contributed by atoms with van der Waals surface area (Å²) < 4.78 is 11.3. The van der Waals surface area contributed by atoms with Crippen molar-refractivity contribution in [2.45, 2.75) is 38.9 Å². The maximum Gasteiger partial charge on any atom is 0.193 e. The lowest BCUT2D eigenvalue weighted by atomic mass is 10.2. The van der Waals surface area contributed by atoms with Gasteiger partial charge in [0.25, 0.3) is 0 Å². The largest absolute Gasteiger partial charge is 0.493 e. The summed E-state index contributed by atoms with van der Waals surface area (Å²) >= 11 is 0. The lowest BCUT2D eigenvalue weighted by molar-refractivity contribution is 0.334. The van der Waals surface area contributed by atoms with E-state index in [0.29, 0.717) is 18.0 Å². The smallest absolute Gasteiger partial charge is 0.193 e. The fraction of sp³-hybridized carbons (Fsp3) is 0.500. The molecule has 0 unspecified atom stereocenters. The summed E-state index contributed by atoms with van der Waals surface area (Å²) in [6, 6.07) is 5.57. The number of anilines is 1. The molecule has 0 aliphatic heterocycles. The zero-order chi connectivity index (χ0) is 15.4. The third-order valence-electron chi connectivity index (χ3n) is 3.78. The summed E-state index contributed by atoms with van der Waals surface area (Å²) in [4.78, 5) is 0. The van der Waals surface area contributed by atoms with Gasteiger partial charge in [0.2, 0.25) is 0 Å². The van der Waals surface area contributed by atoms with Gasteiger partial charge in [-0.1, -0.05) is 38.7 Å². The second kappa shape index (κ2) is 6.34. The number of hydrogen-bond donors (Lipinski definition) is 1. The van der Waals surface area contributed by atoms with Crippen molar-refractivity contribution in [3.05, 3.63) is 23.8 Å². The van der Waals surface area contributed by atoms with E-state index in [1.807, 2.05) is 12.1 Å². The minimum absolute atomic E-state index is 0.198. The number of hydrogen-bond acceptors (Lipinski definition) is 3. The summed E-state index contributed by atoms with van der Waals surface area (Å²) in [5.74, 6) is 6.76. The van der Waals surface area contributed by atoms with Crippen LogP contribution in [0.5, 0.6) is 5.75 Å². The van der Waals surface area contributed by atoms with Crippen molar-refractivity contribution in [1.29, 1.82) is 0 Å². The average molecular weight is 291 g/mol. The first kappa shape index (κ1) is 16.6. The molecule has 0 radical (unpaired) electrons. The van der Waals surface area contributed by atoms with Gasteiger partial charge >= 0.3 is 0 Å². The van der Waals surface area contributed by atoms with Crippen LogP contribution >= 0.6 is 0 Å². The van der Waals surface area contributed by atoms with Gasteiger partial charge in [-0.3, -0.25) is 0 Å². The fourth-order valence-electron chi connectivity index (χ4n) is 1.45. The molecule has 2 N–H and O–H groups in total. The maximum atomic E-state index is 6.01. The van der Waals surface area contributed by atoms with Crippen LogP contribution in [0.3, 0.4) is 0 Å². The third-order valence-corrected chi connectivity index (χ3v) is 8.26. The summed E-state index contributed by atoms with van der Waals surface area (Å²) in [7, 11) is -0.134. The van der Waals surface area contributed by atoms with E-state index in [-0.39, 0.29) is 5.04 Å². The number of benzene rings is 1. The standard InChI is InChI=1S/C16H25NO2Si/c1-16(2,3)20(5,6)19-12-8-10-13-9-7-11-14(17)15(13)18-4/h7,9,11H,12,17H2,1-6H3. The Bertz CT molecular complexity index is 522. The van der Waals surface area contributed by atoms with Crippen LogP contribution in [0, 0.1) is 11.8 Å². The van der Waals surface area contributed by atoms with Gasteiger partial charge in [0.05, 0.1) is 25.0 Å². The molecular weight excluding hydrogens is 266 g/mol. The number of para-hydroxylation sites is 1. The Labute approximate surface area is 123 Å². The molecule has 0 spiro atoms. The topological polar surface area (TPSA) is 44.5 Å². The van der Waals surface area contributed by atoms with Crippen LogP contribution in [-0.2, 0) is 4.43 Å². The molecule has 0 aromatic heterocycles. The molecule has 0 fully saturated rings. The van der Waals surface area contributed by atoms with Crippen molar-refractivity contribution >= 4 is 14.0 Å². The van der Waals surface area contributed by atoms with Gasteiger partial charge < -0.3 is 14.9 Å². The van der Waals surface area contributed by atoms with E-state index < -0.39 is 8.32 Å². The Morgan fingerprint density at radius 2 is 1.90 bits per heavy atom. The van der Waals surface area contributed by atoms with Crippen LogP contribution in [0.2, 0.25) is 18.1 Å². The highest BCUT2D eigenvalue weighted by Crippen LogP contribution is 2.36. The van der Waals surface area contributed by atoms with E-state index in [4.69, 9.17) is 14.9 Å². The zero-order valence-corrected chi connectivity index (χ0v) is 14.3. The normalized spacial score (nSPS) is 11.7. The molecule has 3 nitrogen and oxygen atoms in total. The molecule has 1 aromatic carbocycles. The Kier molecular flexibility index (Phi) is 5.26. The second-order valence-corrected chi connectivity index (χ2v) is 11.1. The van der Waals surface area contributed by atoms with E-state index >= 15 is 0 Å². The first-order valence-corrected chi connectivity index (χ1v) is 9.65. The van der Waals surface area contributed by atoms with Crippen LogP contribution in [0.25, 0.3) is 0 Å². The highest BCUT2D eigenvalue weighted by molar-refractivity contribution is 6.74. The van der Waals surface area contributed by atoms with Crippen molar-refractivity contribution in [3.63, 3.8) is 0 Å². The van der Waals surface area contributed by atoms with Crippen molar-refractivity contribution in [3.8, 4) is 17.6 Å². The Hall–Kier alpha value is -1.44. The fourth-order valence-corrected chi connectivity index (χ4v) is 2.31. The Balaban J connectivity index is 2.76. The lowest BCUT2D eigenvalue weighted by Crippen LogP contribution is -2.40. The van der Waals surface area contributed by atoms with Crippen molar-refractivity contribution < 1.29 is 9.16 Å². The van der Waals surface area contributed by atoms with E-state index in [1.165, 1.54) is 0 Å². The predicted octanol–water partition coefficient (Wildman–Crippen LogP) is 3.65. The van der Waals surface area contributed by atoms with Gasteiger partial charge in [0.1, 0.15) is 0 Å². The molecule has 0 aliphatic rings. The summed E-state index contributed by atoms with van der Waals surface area (Å²) in [6.07, 6.45) is 0. The van der Waals surface area contributed by atoms with Gasteiger partial charge in [-0.2, -0.15) is 0 Å². The van der Waals surface area contributed by atoms with Gasteiger partial charge in [-0.05, 0) is 30.3 Å². The molecule has 0 saturated carbocycles. The van der Waals surface area contributed by atoms with Crippen molar-refractivity contribution in [2.75, 3.05) is 19.5 Å². The monoisotopic (exact) mass is 291 g/mol. The quantitative estimate of drug-likeness (QED) is 0.525. The Morgan fingerprint density at radius 3 is 2.45 bits per heavy atom.